The summed E-state index contributed by atoms with van der Waals surface area (Å²) >= 11 is 0. The average Bonchev–Trinajstić information content (AvgIpc) is 3.60. The zero-order valence-electron chi connectivity index (χ0n) is 28.7. The lowest BCUT2D eigenvalue weighted by atomic mass is 9.91. The minimum atomic E-state index is -0.893. The van der Waals surface area contributed by atoms with E-state index < -0.39 is 30.1 Å². The molecule has 1 aromatic heterocycles. The van der Waals surface area contributed by atoms with Crippen molar-refractivity contribution in [3.8, 4) is 0 Å². The molecule has 0 saturated carbocycles. The van der Waals surface area contributed by atoms with Gasteiger partial charge in [0.05, 0.1) is 12.5 Å². The molecule has 5 rings (SSSR count). The zero-order chi connectivity index (χ0) is 34.9. The molecule has 0 aliphatic carbocycles. The zero-order valence-corrected chi connectivity index (χ0v) is 28.7. The molecule has 1 unspecified atom stereocenters. The average molecular weight is 681 g/mol. The summed E-state index contributed by atoms with van der Waals surface area (Å²) in [7, 11) is 0. The molecule has 0 bridgehead atoms. The molecule has 3 aliphatic heterocycles. The molecule has 13 heteroatoms. The molecule has 2 fully saturated rings. The number of aromatic nitrogens is 2. The summed E-state index contributed by atoms with van der Waals surface area (Å²) in [5.74, 6) is -1.33. The quantitative estimate of drug-likeness (QED) is 0.348. The maximum atomic E-state index is 15.0. The van der Waals surface area contributed by atoms with E-state index in [4.69, 9.17) is 9.47 Å². The fraction of sp³-hybridized carbons (Fsp3) is 0.556. The van der Waals surface area contributed by atoms with Crippen LogP contribution in [0.1, 0.15) is 45.6 Å². The van der Waals surface area contributed by atoms with Crippen molar-refractivity contribution in [1.29, 1.82) is 0 Å². The second-order valence-electron chi connectivity index (χ2n) is 13.4. The van der Waals surface area contributed by atoms with Crippen molar-refractivity contribution < 1.29 is 33.4 Å². The molecular formula is C36H49FN6O6. The smallest absolute Gasteiger partial charge is 0.410 e. The lowest BCUT2D eigenvalue weighted by Crippen LogP contribution is -2.49. The highest BCUT2D eigenvalue weighted by Gasteiger charge is 2.29. The van der Waals surface area contributed by atoms with Crippen LogP contribution in [0.4, 0.5) is 14.9 Å². The van der Waals surface area contributed by atoms with Crippen LogP contribution in [0.15, 0.2) is 54.4 Å². The minimum Gasteiger partial charge on any atom is -0.457 e. The summed E-state index contributed by atoms with van der Waals surface area (Å²) in [4.78, 5) is 44.2. The minimum absolute atomic E-state index is 0.0115. The van der Waals surface area contributed by atoms with Crippen LogP contribution >= 0.6 is 0 Å². The fourth-order valence-electron chi connectivity index (χ4n) is 6.54. The second-order valence-corrected chi connectivity index (χ2v) is 13.4. The highest BCUT2D eigenvalue weighted by Crippen LogP contribution is 2.27. The van der Waals surface area contributed by atoms with Crippen molar-refractivity contribution in [2.75, 3.05) is 57.3 Å². The number of hydrogen-bond donors (Lipinski definition) is 2. The highest BCUT2D eigenvalue weighted by atomic mass is 19.1. The Bertz CT molecular complexity index is 1480. The van der Waals surface area contributed by atoms with Gasteiger partial charge < -0.3 is 34.6 Å². The molecule has 2 saturated heterocycles. The van der Waals surface area contributed by atoms with E-state index in [9.17, 15) is 23.9 Å². The molecule has 4 heterocycles. The van der Waals surface area contributed by atoms with Gasteiger partial charge in [0.15, 0.2) is 0 Å². The third-order valence-electron chi connectivity index (χ3n) is 9.47. The van der Waals surface area contributed by atoms with Crippen LogP contribution in [-0.2, 0) is 25.6 Å². The number of nitrogens with one attached hydrogen (secondary N) is 1. The normalized spacial score (nSPS) is 26.1. The van der Waals surface area contributed by atoms with Crippen LogP contribution < -0.4 is 10.2 Å². The number of aliphatic hydroxyl groups excluding tert-OH is 1. The molecule has 49 heavy (non-hydrogen) atoms. The number of esters is 1. The molecule has 2 N–H and O–H groups in total. The van der Waals surface area contributed by atoms with Gasteiger partial charge in [0, 0.05) is 76.4 Å². The largest absolute Gasteiger partial charge is 0.457 e. The monoisotopic (exact) mass is 680 g/mol. The topological polar surface area (TPSA) is 129 Å². The maximum absolute atomic E-state index is 15.0. The van der Waals surface area contributed by atoms with Gasteiger partial charge in [0.25, 0.3) is 0 Å². The number of halogens is 1. The van der Waals surface area contributed by atoms with Gasteiger partial charge in [-0.15, -0.1) is 0 Å². The van der Waals surface area contributed by atoms with Crippen LogP contribution in [0.2, 0.25) is 0 Å². The summed E-state index contributed by atoms with van der Waals surface area (Å²) in [6.07, 6.45) is 7.25. The summed E-state index contributed by atoms with van der Waals surface area (Å²) in [5, 5.41) is 18.0. The van der Waals surface area contributed by atoms with E-state index in [0.717, 1.165) is 0 Å². The van der Waals surface area contributed by atoms with Gasteiger partial charge in [0.2, 0.25) is 5.91 Å². The van der Waals surface area contributed by atoms with Crippen molar-refractivity contribution in [1.82, 2.24) is 24.9 Å². The number of anilines is 1. The predicted octanol–water partition coefficient (Wildman–Crippen LogP) is 3.47. The van der Waals surface area contributed by atoms with Crippen LogP contribution in [0.3, 0.4) is 0 Å². The van der Waals surface area contributed by atoms with Crippen molar-refractivity contribution in [3.63, 3.8) is 0 Å². The number of carbonyl (C=O) groups excluding carboxylic acids is 3. The molecule has 3 aliphatic rings. The molecule has 12 nitrogen and oxygen atoms in total. The second kappa shape index (κ2) is 16.9. The maximum Gasteiger partial charge on any atom is 0.410 e. The number of benzene rings is 1. The highest BCUT2D eigenvalue weighted by molar-refractivity contribution is 5.76. The standard InChI is InChI=1S/C36H49FN6O6/c1-25-5-7-31(44)23-34(46)49-35(26(2)6-8-32(25)48-36(47)42-13-10-38-11-14-42)27(3)19-28-20-29(37)22-30(21-28)40-15-17-41(18-16-40)33(45)24-43-12-4-9-39-43/h4,6,8-9,12,19-22,25-26,31-32,35,38,44H,5,7,10-11,13-18,23-24H2,1-3H3/b8-6?,27-19+/t25-,26-,31?,32-,35-/m0/s1. The van der Waals surface area contributed by atoms with Gasteiger partial charge in [-0.05, 0) is 67.2 Å². The van der Waals surface area contributed by atoms with E-state index in [-0.39, 0.29) is 36.8 Å². The number of hydrogen-bond acceptors (Lipinski definition) is 9. The summed E-state index contributed by atoms with van der Waals surface area (Å²) in [6, 6.07) is 6.59. The number of cyclic esters (lactones) is 1. The van der Waals surface area contributed by atoms with Crippen molar-refractivity contribution >= 4 is 29.7 Å². The first-order chi connectivity index (χ1) is 23.5. The SMILES string of the molecule is C/C(=C\c1cc(F)cc(N2CCN(C(=O)Cn3cccn3)CC2)c1)[C@H]1OC(=O)CC(O)CC[C@H](C)[C@@H](OC(=O)N2CCNCC2)C=C[C@@H]1C. The Kier molecular flexibility index (Phi) is 12.5. The molecule has 2 amide bonds. The first-order valence-corrected chi connectivity index (χ1v) is 17.3. The van der Waals surface area contributed by atoms with Crippen molar-refractivity contribution in [2.24, 2.45) is 11.8 Å². The fourth-order valence-corrected chi connectivity index (χ4v) is 6.54. The molecule has 0 spiro atoms. The Labute approximate surface area is 287 Å². The van der Waals surface area contributed by atoms with E-state index in [0.29, 0.717) is 82.0 Å². The van der Waals surface area contributed by atoms with Crippen molar-refractivity contribution in [2.45, 2.75) is 64.9 Å². The Hall–Kier alpha value is -4.23. The molecule has 1 aromatic carbocycles. The van der Waals surface area contributed by atoms with E-state index in [2.05, 4.69) is 15.3 Å². The summed E-state index contributed by atoms with van der Waals surface area (Å²) in [6.45, 7) is 10.6. The van der Waals surface area contributed by atoms with Gasteiger partial charge in [-0.25, -0.2) is 9.18 Å². The van der Waals surface area contributed by atoms with Crippen molar-refractivity contribution in [3.05, 3.63) is 65.8 Å². The number of carbonyl (C=O) groups is 3. The van der Waals surface area contributed by atoms with E-state index >= 15 is 0 Å². The van der Waals surface area contributed by atoms with Crippen LogP contribution in [0.25, 0.3) is 6.08 Å². The van der Waals surface area contributed by atoms with E-state index in [1.165, 1.54) is 12.1 Å². The van der Waals surface area contributed by atoms with Crippen LogP contribution in [-0.4, -0.2) is 113 Å². The Morgan fingerprint density at radius 2 is 1.82 bits per heavy atom. The number of nitrogens with zero attached hydrogens (tertiary/aromatic N) is 5. The number of ether oxygens (including phenoxy) is 2. The van der Waals surface area contributed by atoms with Gasteiger partial charge in [0.1, 0.15) is 24.6 Å². The van der Waals surface area contributed by atoms with E-state index in [1.54, 1.807) is 32.9 Å². The van der Waals surface area contributed by atoms with Crippen LogP contribution in [0, 0.1) is 17.7 Å². The predicted molar refractivity (Wildman–Crippen MR) is 183 cm³/mol. The Morgan fingerprint density at radius 3 is 2.53 bits per heavy atom. The number of rotatable bonds is 6. The number of piperazine rings is 2. The molecular weight excluding hydrogens is 631 g/mol. The summed E-state index contributed by atoms with van der Waals surface area (Å²) in [5.41, 5.74) is 2.01. The van der Waals surface area contributed by atoms with Gasteiger partial charge in [-0.2, -0.15) is 5.10 Å². The lowest BCUT2D eigenvalue weighted by Gasteiger charge is -2.36. The van der Waals surface area contributed by atoms with Gasteiger partial charge >= 0.3 is 12.1 Å². The van der Waals surface area contributed by atoms with E-state index in [1.807, 2.05) is 45.1 Å². The number of aliphatic hydroxyl groups is 1. The molecule has 5 atom stereocenters. The lowest BCUT2D eigenvalue weighted by molar-refractivity contribution is -0.151. The van der Waals surface area contributed by atoms with Gasteiger partial charge in [-0.1, -0.05) is 26.0 Å². The Balaban J connectivity index is 1.30. The number of amides is 2. The third kappa shape index (κ3) is 10.1. The third-order valence-corrected chi connectivity index (χ3v) is 9.47. The first-order valence-electron chi connectivity index (χ1n) is 17.3. The summed E-state index contributed by atoms with van der Waals surface area (Å²) < 4.78 is 28.5. The van der Waals surface area contributed by atoms with Crippen LogP contribution in [0.5, 0.6) is 0 Å². The Morgan fingerprint density at radius 1 is 1.06 bits per heavy atom. The van der Waals surface area contributed by atoms with Gasteiger partial charge in [-0.3, -0.25) is 14.3 Å². The molecule has 266 valence electrons. The molecule has 0 radical (unpaired) electrons. The molecule has 2 aromatic rings. The first kappa shape index (κ1) is 36.1.